The van der Waals surface area contributed by atoms with E-state index >= 15 is 0 Å². The van der Waals surface area contributed by atoms with Crippen LogP contribution in [-0.2, 0) is 6.54 Å². The van der Waals surface area contributed by atoms with Crippen molar-refractivity contribution in [2.45, 2.75) is 33.4 Å². The zero-order valence-corrected chi connectivity index (χ0v) is 9.82. The molecular formula is C11H19N3O. The van der Waals surface area contributed by atoms with Crippen molar-refractivity contribution in [3.8, 4) is 0 Å². The molecule has 0 bridgehead atoms. The second kappa shape index (κ2) is 4.57. The van der Waals surface area contributed by atoms with Crippen LogP contribution in [0.5, 0.6) is 0 Å². The Labute approximate surface area is 90.3 Å². The molecule has 1 rings (SSSR count). The van der Waals surface area contributed by atoms with Crippen LogP contribution in [0.1, 0.15) is 20.8 Å². The molecule has 4 nitrogen and oxygen atoms in total. The summed E-state index contributed by atoms with van der Waals surface area (Å²) >= 11 is 0. The first-order valence-corrected chi connectivity index (χ1v) is 5.14. The first-order chi connectivity index (χ1) is 6.95. The fourth-order valence-corrected chi connectivity index (χ4v) is 1.50. The Morgan fingerprint density at radius 1 is 1.53 bits per heavy atom. The Bertz CT molecular complexity index is 365. The summed E-state index contributed by atoms with van der Waals surface area (Å²) in [6.07, 6.45) is 1.64. The molecule has 1 atom stereocenters. The largest absolute Gasteiger partial charge is 0.315 e. The van der Waals surface area contributed by atoms with Gasteiger partial charge in [-0.25, -0.2) is 4.68 Å². The van der Waals surface area contributed by atoms with Crippen LogP contribution >= 0.6 is 0 Å². The Balaban J connectivity index is 2.85. The number of rotatable bonds is 3. The molecule has 4 heteroatoms. The van der Waals surface area contributed by atoms with Gasteiger partial charge in [-0.15, -0.1) is 0 Å². The normalized spacial score (nSPS) is 13.9. The SMILES string of the molecule is CNC(Cn1ncccc1=O)C(C)(C)C. The number of nitrogens with one attached hydrogen (secondary N) is 1. The highest BCUT2D eigenvalue weighted by atomic mass is 16.1. The van der Waals surface area contributed by atoms with Gasteiger partial charge in [0.2, 0.25) is 0 Å². The van der Waals surface area contributed by atoms with Crippen LogP contribution in [0.4, 0.5) is 0 Å². The number of aromatic nitrogens is 2. The highest BCUT2D eigenvalue weighted by Crippen LogP contribution is 2.19. The minimum atomic E-state index is -0.0537. The van der Waals surface area contributed by atoms with Gasteiger partial charge in [-0.05, 0) is 18.5 Å². The Hall–Kier alpha value is -1.16. The van der Waals surface area contributed by atoms with Crippen molar-refractivity contribution < 1.29 is 0 Å². The van der Waals surface area contributed by atoms with Gasteiger partial charge in [0, 0.05) is 18.3 Å². The van der Waals surface area contributed by atoms with E-state index in [2.05, 4.69) is 31.2 Å². The molecule has 84 valence electrons. The molecule has 15 heavy (non-hydrogen) atoms. The van der Waals surface area contributed by atoms with Crippen molar-refractivity contribution in [1.82, 2.24) is 15.1 Å². The monoisotopic (exact) mass is 209 g/mol. The van der Waals surface area contributed by atoms with E-state index in [0.717, 1.165) is 0 Å². The van der Waals surface area contributed by atoms with E-state index in [1.165, 1.54) is 10.7 Å². The van der Waals surface area contributed by atoms with Crippen molar-refractivity contribution in [3.05, 3.63) is 28.7 Å². The first kappa shape index (κ1) is 11.9. The molecule has 0 amide bonds. The van der Waals surface area contributed by atoms with E-state index in [-0.39, 0.29) is 17.0 Å². The van der Waals surface area contributed by atoms with E-state index in [9.17, 15) is 4.79 Å². The summed E-state index contributed by atoms with van der Waals surface area (Å²) in [5.41, 5.74) is 0.0492. The minimum absolute atomic E-state index is 0.0537. The molecule has 0 saturated carbocycles. The third-order valence-electron chi connectivity index (χ3n) is 2.53. The minimum Gasteiger partial charge on any atom is -0.315 e. The molecule has 0 fully saturated rings. The van der Waals surface area contributed by atoms with Crippen LogP contribution in [0.2, 0.25) is 0 Å². The average molecular weight is 209 g/mol. The van der Waals surface area contributed by atoms with Crippen LogP contribution in [0, 0.1) is 5.41 Å². The molecule has 0 spiro atoms. The molecule has 1 unspecified atom stereocenters. The first-order valence-electron chi connectivity index (χ1n) is 5.14. The van der Waals surface area contributed by atoms with Gasteiger partial charge in [0.05, 0.1) is 6.54 Å². The number of likely N-dealkylation sites (N-methyl/N-ethyl adjacent to an activating group) is 1. The van der Waals surface area contributed by atoms with Crippen LogP contribution in [0.15, 0.2) is 23.1 Å². The van der Waals surface area contributed by atoms with E-state index in [4.69, 9.17) is 0 Å². The summed E-state index contributed by atoms with van der Waals surface area (Å²) in [5, 5.41) is 7.26. The maximum absolute atomic E-state index is 11.5. The lowest BCUT2D eigenvalue weighted by atomic mass is 9.87. The molecule has 0 saturated heterocycles. The molecule has 1 N–H and O–H groups in total. The van der Waals surface area contributed by atoms with Gasteiger partial charge in [-0.1, -0.05) is 20.8 Å². The highest BCUT2D eigenvalue weighted by Gasteiger charge is 2.23. The Morgan fingerprint density at radius 2 is 2.20 bits per heavy atom. The number of nitrogens with zero attached hydrogens (tertiary/aromatic N) is 2. The quantitative estimate of drug-likeness (QED) is 0.803. The molecule has 0 aliphatic carbocycles. The molecule has 0 aromatic carbocycles. The van der Waals surface area contributed by atoms with Gasteiger partial charge in [0.15, 0.2) is 0 Å². The maximum atomic E-state index is 11.5. The molecular weight excluding hydrogens is 190 g/mol. The fourth-order valence-electron chi connectivity index (χ4n) is 1.50. The average Bonchev–Trinajstić information content (AvgIpc) is 2.14. The van der Waals surface area contributed by atoms with Crippen molar-refractivity contribution in [1.29, 1.82) is 0 Å². The lowest BCUT2D eigenvalue weighted by Gasteiger charge is -2.30. The topological polar surface area (TPSA) is 46.9 Å². The van der Waals surface area contributed by atoms with Crippen molar-refractivity contribution in [2.24, 2.45) is 5.41 Å². The van der Waals surface area contributed by atoms with Crippen molar-refractivity contribution in [2.75, 3.05) is 7.05 Å². The van der Waals surface area contributed by atoms with Gasteiger partial charge in [0.25, 0.3) is 5.56 Å². The van der Waals surface area contributed by atoms with E-state index < -0.39 is 0 Å². The Morgan fingerprint density at radius 3 is 2.67 bits per heavy atom. The molecule has 1 aromatic rings. The predicted octanol–water partition coefficient (Wildman–Crippen LogP) is 0.877. The van der Waals surface area contributed by atoms with E-state index in [1.807, 2.05) is 7.05 Å². The zero-order valence-electron chi connectivity index (χ0n) is 9.82. The summed E-state index contributed by atoms with van der Waals surface area (Å²) in [5.74, 6) is 0. The molecule has 0 radical (unpaired) electrons. The highest BCUT2D eigenvalue weighted by molar-refractivity contribution is 4.87. The maximum Gasteiger partial charge on any atom is 0.266 e. The number of hydrogen-bond donors (Lipinski definition) is 1. The third kappa shape index (κ3) is 3.16. The molecule has 0 aliphatic heterocycles. The van der Waals surface area contributed by atoms with E-state index in [1.54, 1.807) is 12.3 Å². The second-order valence-electron chi connectivity index (χ2n) is 4.75. The third-order valence-corrected chi connectivity index (χ3v) is 2.53. The number of hydrogen-bond acceptors (Lipinski definition) is 3. The van der Waals surface area contributed by atoms with Gasteiger partial charge in [-0.2, -0.15) is 5.10 Å². The van der Waals surface area contributed by atoms with E-state index in [0.29, 0.717) is 6.54 Å². The summed E-state index contributed by atoms with van der Waals surface area (Å²) in [4.78, 5) is 11.5. The van der Waals surface area contributed by atoms with Gasteiger partial charge >= 0.3 is 0 Å². The van der Waals surface area contributed by atoms with Gasteiger partial charge in [0.1, 0.15) is 0 Å². The van der Waals surface area contributed by atoms with Crippen LogP contribution in [0.25, 0.3) is 0 Å². The summed E-state index contributed by atoms with van der Waals surface area (Å²) < 4.78 is 1.49. The smallest absolute Gasteiger partial charge is 0.266 e. The van der Waals surface area contributed by atoms with Crippen molar-refractivity contribution in [3.63, 3.8) is 0 Å². The summed E-state index contributed by atoms with van der Waals surface area (Å²) in [6.45, 7) is 7.02. The summed E-state index contributed by atoms with van der Waals surface area (Å²) in [6, 6.07) is 3.41. The fraction of sp³-hybridized carbons (Fsp3) is 0.636. The van der Waals surface area contributed by atoms with Gasteiger partial charge in [-0.3, -0.25) is 4.79 Å². The molecule has 0 aliphatic rings. The Kier molecular flexibility index (Phi) is 3.63. The van der Waals surface area contributed by atoms with Crippen molar-refractivity contribution >= 4 is 0 Å². The summed E-state index contributed by atoms with van der Waals surface area (Å²) in [7, 11) is 1.91. The van der Waals surface area contributed by atoms with Crippen LogP contribution < -0.4 is 10.9 Å². The van der Waals surface area contributed by atoms with Gasteiger partial charge < -0.3 is 5.32 Å². The predicted molar refractivity (Wildman–Crippen MR) is 60.8 cm³/mol. The zero-order chi connectivity index (χ0) is 11.5. The standard InChI is InChI=1S/C11H19N3O/c1-11(2,3)9(12-4)8-14-10(15)6-5-7-13-14/h5-7,9,12H,8H2,1-4H3. The van der Waals surface area contributed by atoms with Crippen LogP contribution in [-0.4, -0.2) is 22.9 Å². The lowest BCUT2D eigenvalue weighted by Crippen LogP contribution is -2.43. The molecule has 1 heterocycles. The van der Waals surface area contributed by atoms with Crippen LogP contribution in [0.3, 0.4) is 0 Å². The lowest BCUT2D eigenvalue weighted by molar-refractivity contribution is 0.244. The second-order valence-corrected chi connectivity index (χ2v) is 4.75. The molecule has 1 aromatic heterocycles.